The summed E-state index contributed by atoms with van der Waals surface area (Å²) in [6.07, 6.45) is 2.20. The summed E-state index contributed by atoms with van der Waals surface area (Å²) in [5.41, 5.74) is 0.657. The Kier molecular flexibility index (Phi) is 8.35. The number of hydrogen-bond donors (Lipinski definition) is 2. The maximum atomic E-state index is 11.8. The maximum absolute atomic E-state index is 11.8. The molecule has 0 bridgehead atoms. The Balaban J connectivity index is 2.10. The molecular weight excluding hydrogens is 286 g/mol. The molecule has 2 N–H and O–H groups in total. The molecular formula is C16H26ClN3O. The molecule has 1 amide bonds. The van der Waals surface area contributed by atoms with Crippen molar-refractivity contribution in [2.75, 3.05) is 32.0 Å². The van der Waals surface area contributed by atoms with Gasteiger partial charge in [-0.25, -0.2) is 0 Å². The number of nitrogens with one attached hydrogen (secondary N) is 2. The minimum Gasteiger partial charge on any atom is -0.324 e. The van der Waals surface area contributed by atoms with Crippen molar-refractivity contribution in [2.45, 2.75) is 32.7 Å². The van der Waals surface area contributed by atoms with E-state index in [1.54, 1.807) is 12.1 Å². The smallest absolute Gasteiger partial charge is 0.238 e. The zero-order valence-electron chi connectivity index (χ0n) is 13.2. The van der Waals surface area contributed by atoms with Gasteiger partial charge in [0.05, 0.1) is 17.3 Å². The molecule has 1 aromatic rings. The summed E-state index contributed by atoms with van der Waals surface area (Å²) in [7, 11) is 2.13. The zero-order chi connectivity index (χ0) is 15.7. The molecule has 0 aliphatic heterocycles. The van der Waals surface area contributed by atoms with E-state index in [0.29, 0.717) is 23.3 Å². The first-order valence-electron chi connectivity index (χ1n) is 7.46. The Morgan fingerprint density at radius 2 is 2.00 bits per heavy atom. The highest BCUT2D eigenvalue weighted by atomic mass is 35.5. The molecule has 21 heavy (non-hydrogen) atoms. The molecule has 0 saturated carbocycles. The molecule has 0 saturated heterocycles. The van der Waals surface area contributed by atoms with E-state index in [2.05, 4.69) is 36.4 Å². The fourth-order valence-corrected chi connectivity index (χ4v) is 2.01. The number of amides is 1. The van der Waals surface area contributed by atoms with Crippen molar-refractivity contribution in [1.29, 1.82) is 0 Å². The number of para-hydroxylation sites is 1. The Bertz CT molecular complexity index is 437. The molecule has 0 heterocycles. The largest absolute Gasteiger partial charge is 0.324 e. The van der Waals surface area contributed by atoms with Crippen LogP contribution in [0.4, 0.5) is 5.69 Å². The van der Waals surface area contributed by atoms with E-state index in [9.17, 15) is 4.79 Å². The lowest BCUT2D eigenvalue weighted by Gasteiger charge is -2.20. The summed E-state index contributed by atoms with van der Waals surface area (Å²) < 4.78 is 0. The van der Waals surface area contributed by atoms with Crippen LogP contribution in [0.15, 0.2) is 24.3 Å². The molecule has 0 aliphatic rings. The first-order chi connectivity index (χ1) is 10.0. The monoisotopic (exact) mass is 311 g/mol. The second-order valence-corrected chi connectivity index (χ2v) is 5.89. The zero-order valence-corrected chi connectivity index (χ0v) is 13.9. The molecule has 0 aromatic heterocycles. The van der Waals surface area contributed by atoms with Gasteiger partial charge in [0.15, 0.2) is 0 Å². The van der Waals surface area contributed by atoms with Gasteiger partial charge in [-0.1, -0.05) is 23.7 Å². The van der Waals surface area contributed by atoms with E-state index in [1.165, 1.54) is 0 Å². The van der Waals surface area contributed by atoms with Gasteiger partial charge in [-0.2, -0.15) is 0 Å². The van der Waals surface area contributed by atoms with Crippen molar-refractivity contribution < 1.29 is 4.79 Å². The lowest BCUT2D eigenvalue weighted by atomic mass is 10.2. The summed E-state index contributed by atoms with van der Waals surface area (Å²) in [6.45, 7) is 6.63. The van der Waals surface area contributed by atoms with Crippen LogP contribution in [0.1, 0.15) is 26.7 Å². The SMILES string of the molecule is CC(C)N(C)CCCCNCC(=O)Nc1ccccc1Cl. The van der Waals surface area contributed by atoms with Crippen LogP contribution in [-0.2, 0) is 4.79 Å². The average molecular weight is 312 g/mol. The highest BCUT2D eigenvalue weighted by Crippen LogP contribution is 2.19. The van der Waals surface area contributed by atoms with Crippen LogP contribution in [0.2, 0.25) is 5.02 Å². The van der Waals surface area contributed by atoms with Gasteiger partial charge in [0, 0.05) is 6.04 Å². The van der Waals surface area contributed by atoms with Crippen LogP contribution >= 0.6 is 11.6 Å². The number of unbranched alkanes of at least 4 members (excludes halogenated alkanes) is 1. The molecule has 0 atom stereocenters. The number of benzene rings is 1. The molecule has 4 nitrogen and oxygen atoms in total. The fourth-order valence-electron chi connectivity index (χ4n) is 1.83. The molecule has 0 aliphatic carbocycles. The first kappa shape index (κ1) is 18.0. The van der Waals surface area contributed by atoms with E-state index in [4.69, 9.17) is 11.6 Å². The lowest BCUT2D eigenvalue weighted by molar-refractivity contribution is -0.115. The van der Waals surface area contributed by atoms with Gasteiger partial charge in [-0.15, -0.1) is 0 Å². The third kappa shape index (κ3) is 7.46. The number of halogens is 1. The number of anilines is 1. The third-order valence-corrected chi connectivity index (χ3v) is 3.76. The first-order valence-corrected chi connectivity index (χ1v) is 7.84. The van der Waals surface area contributed by atoms with Crippen LogP contribution < -0.4 is 10.6 Å². The summed E-state index contributed by atoms with van der Waals surface area (Å²) in [4.78, 5) is 14.1. The van der Waals surface area contributed by atoms with Crippen molar-refractivity contribution in [2.24, 2.45) is 0 Å². The Hall–Kier alpha value is -1.10. The normalized spacial score (nSPS) is 11.1. The van der Waals surface area contributed by atoms with Crippen molar-refractivity contribution in [3.05, 3.63) is 29.3 Å². The van der Waals surface area contributed by atoms with Gasteiger partial charge in [0.25, 0.3) is 0 Å². The maximum Gasteiger partial charge on any atom is 0.238 e. The summed E-state index contributed by atoms with van der Waals surface area (Å²) >= 11 is 5.99. The number of carbonyl (C=O) groups is 1. The van der Waals surface area contributed by atoms with E-state index in [-0.39, 0.29) is 5.91 Å². The molecule has 0 spiro atoms. The van der Waals surface area contributed by atoms with Crippen molar-refractivity contribution in [3.8, 4) is 0 Å². The molecule has 0 fully saturated rings. The van der Waals surface area contributed by atoms with E-state index in [0.717, 1.165) is 25.9 Å². The minimum atomic E-state index is -0.0672. The van der Waals surface area contributed by atoms with Gasteiger partial charge in [-0.3, -0.25) is 4.79 Å². The van der Waals surface area contributed by atoms with E-state index >= 15 is 0 Å². The van der Waals surface area contributed by atoms with Crippen molar-refractivity contribution >= 4 is 23.2 Å². The Labute approximate surface area is 132 Å². The minimum absolute atomic E-state index is 0.0672. The van der Waals surface area contributed by atoms with Gasteiger partial charge >= 0.3 is 0 Å². The highest BCUT2D eigenvalue weighted by Gasteiger charge is 2.05. The molecule has 1 rings (SSSR count). The van der Waals surface area contributed by atoms with Gasteiger partial charge in [-0.05, 0) is 59.0 Å². The lowest BCUT2D eigenvalue weighted by Crippen LogP contribution is -2.30. The van der Waals surface area contributed by atoms with Crippen molar-refractivity contribution in [3.63, 3.8) is 0 Å². The predicted octanol–water partition coefficient (Wildman–Crippen LogP) is 2.99. The quantitative estimate of drug-likeness (QED) is 0.689. The van der Waals surface area contributed by atoms with E-state index < -0.39 is 0 Å². The molecule has 118 valence electrons. The van der Waals surface area contributed by atoms with Crippen LogP contribution in [-0.4, -0.2) is 43.5 Å². The molecule has 5 heteroatoms. The summed E-state index contributed by atoms with van der Waals surface area (Å²) in [5, 5.41) is 6.50. The number of rotatable bonds is 9. The average Bonchev–Trinajstić information content (AvgIpc) is 2.44. The van der Waals surface area contributed by atoms with Gasteiger partial charge < -0.3 is 15.5 Å². The van der Waals surface area contributed by atoms with Crippen LogP contribution in [0.3, 0.4) is 0 Å². The van der Waals surface area contributed by atoms with Crippen molar-refractivity contribution in [1.82, 2.24) is 10.2 Å². The predicted molar refractivity (Wildman–Crippen MR) is 90.0 cm³/mol. The topological polar surface area (TPSA) is 44.4 Å². The molecule has 0 radical (unpaired) electrons. The highest BCUT2D eigenvalue weighted by molar-refractivity contribution is 6.33. The number of carbonyl (C=O) groups excluding carboxylic acids is 1. The summed E-state index contributed by atoms with van der Waals surface area (Å²) in [5.74, 6) is -0.0672. The molecule has 0 unspecified atom stereocenters. The Morgan fingerprint density at radius 1 is 1.29 bits per heavy atom. The van der Waals surface area contributed by atoms with Crippen LogP contribution in [0.25, 0.3) is 0 Å². The van der Waals surface area contributed by atoms with Gasteiger partial charge in [0.2, 0.25) is 5.91 Å². The third-order valence-electron chi connectivity index (χ3n) is 3.43. The second-order valence-electron chi connectivity index (χ2n) is 5.49. The Morgan fingerprint density at radius 3 is 2.67 bits per heavy atom. The van der Waals surface area contributed by atoms with E-state index in [1.807, 2.05) is 12.1 Å². The van der Waals surface area contributed by atoms with Crippen LogP contribution in [0, 0.1) is 0 Å². The summed E-state index contributed by atoms with van der Waals surface area (Å²) in [6, 6.07) is 7.82. The van der Waals surface area contributed by atoms with Crippen LogP contribution in [0.5, 0.6) is 0 Å². The number of hydrogen-bond acceptors (Lipinski definition) is 3. The standard InChI is InChI=1S/C16H26ClN3O/c1-13(2)20(3)11-7-6-10-18-12-16(21)19-15-9-5-4-8-14(15)17/h4-5,8-9,13,18H,6-7,10-12H2,1-3H3,(H,19,21). The van der Waals surface area contributed by atoms with Gasteiger partial charge in [0.1, 0.15) is 0 Å². The molecule has 1 aromatic carbocycles. The number of nitrogens with zero attached hydrogens (tertiary/aromatic N) is 1. The second kappa shape index (κ2) is 9.77. The fraction of sp³-hybridized carbons (Fsp3) is 0.562.